The standard InChI is InChI=1S/C21H22N2/c1-3-7-16(8-4-1)21-15-22-14-17-11-12-19(13-20(17)21)23-18-9-5-2-6-10-18/h1,3-4,7-8,11-15,18,23H,2,5-6,9-10H2. The van der Waals surface area contributed by atoms with E-state index in [1.165, 1.54) is 59.7 Å². The van der Waals surface area contributed by atoms with Gasteiger partial charge in [0.25, 0.3) is 0 Å². The summed E-state index contributed by atoms with van der Waals surface area (Å²) in [5.74, 6) is 0. The summed E-state index contributed by atoms with van der Waals surface area (Å²) in [6.45, 7) is 0. The molecule has 1 heterocycles. The lowest BCUT2D eigenvalue weighted by molar-refractivity contribution is 0.463. The van der Waals surface area contributed by atoms with E-state index in [2.05, 4.69) is 58.8 Å². The largest absolute Gasteiger partial charge is 0.382 e. The van der Waals surface area contributed by atoms with Crippen LogP contribution in [0, 0.1) is 0 Å². The predicted molar refractivity (Wildman–Crippen MR) is 97.7 cm³/mol. The summed E-state index contributed by atoms with van der Waals surface area (Å²) in [4.78, 5) is 4.41. The van der Waals surface area contributed by atoms with E-state index < -0.39 is 0 Å². The molecule has 0 spiro atoms. The van der Waals surface area contributed by atoms with Crippen LogP contribution in [0.5, 0.6) is 0 Å². The maximum absolute atomic E-state index is 4.41. The highest BCUT2D eigenvalue weighted by molar-refractivity contribution is 5.97. The van der Waals surface area contributed by atoms with Gasteiger partial charge in [-0.1, -0.05) is 55.7 Å². The van der Waals surface area contributed by atoms with Crippen LogP contribution in [0.4, 0.5) is 5.69 Å². The topological polar surface area (TPSA) is 24.9 Å². The minimum absolute atomic E-state index is 0.628. The van der Waals surface area contributed by atoms with Crippen molar-refractivity contribution in [2.24, 2.45) is 0 Å². The first kappa shape index (κ1) is 14.3. The van der Waals surface area contributed by atoms with E-state index in [0.717, 1.165) is 0 Å². The molecule has 1 aliphatic carbocycles. The monoisotopic (exact) mass is 302 g/mol. The van der Waals surface area contributed by atoms with Crippen molar-refractivity contribution in [2.75, 3.05) is 5.32 Å². The van der Waals surface area contributed by atoms with Crippen molar-refractivity contribution in [3.8, 4) is 11.1 Å². The Hall–Kier alpha value is -2.35. The summed E-state index contributed by atoms with van der Waals surface area (Å²) in [6, 6.07) is 17.8. The van der Waals surface area contributed by atoms with E-state index >= 15 is 0 Å². The number of nitrogens with one attached hydrogen (secondary N) is 1. The van der Waals surface area contributed by atoms with Crippen molar-refractivity contribution in [3.63, 3.8) is 0 Å². The number of benzene rings is 2. The molecule has 0 saturated heterocycles. The van der Waals surface area contributed by atoms with Crippen molar-refractivity contribution in [2.45, 2.75) is 38.1 Å². The molecule has 1 fully saturated rings. The van der Waals surface area contributed by atoms with Crippen LogP contribution in [-0.4, -0.2) is 11.0 Å². The smallest absolute Gasteiger partial charge is 0.0352 e. The van der Waals surface area contributed by atoms with Crippen molar-refractivity contribution >= 4 is 16.5 Å². The molecule has 4 rings (SSSR count). The van der Waals surface area contributed by atoms with Crippen LogP contribution in [0.3, 0.4) is 0 Å². The lowest BCUT2D eigenvalue weighted by atomic mass is 9.95. The first-order valence-electron chi connectivity index (χ1n) is 8.60. The molecule has 2 heteroatoms. The number of hydrogen-bond acceptors (Lipinski definition) is 2. The molecule has 3 aromatic rings. The molecule has 1 saturated carbocycles. The van der Waals surface area contributed by atoms with Gasteiger partial charge in [-0.15, -0.1) is 0 Å². The van der Waals surface area contributed by atoms with E-state index in [1.807, 2.05) is 12.4 Å². The van der Waals surface area contributed by atoms with E-state index in [4.69, 9.17) is 0 Å². The Kier molecular flexibility index (Phi) is 3.97. The van der Waals surface area contributed by atoms with Crippen molar-refractivity contribution in [1.29, 1.82) is 0 Å². The Morgan fingerprint density at radius 2 is 1.70 bits per heavy atom. The summed E-state index contributed by atoms with van der Waals surface area (Å²) < 4.78 is 0. The number of nitrogens with zero attached hydrogens (tertiary/aromatic N) is 1. The Morgan fingerprint density at radius 3 is 2.52 bits per heavy atom. The van der Waals surface area contributed by atoms with Gasteiger partial charge in [-0.3, -0.25) is 4.98 Å². The summed E-state index contributed by atoms with van der Waals surface area (Å²) in [7, 11) is 0. The van der Waals surface area contributed by atoms with E-state index in [9.17, 15) is 0 Å². The molecule has 0 aliphatic heterocycles. The van der Waals surface area contributed by atoms with Crippen LogP contribution in [-0.2, 0) is 0 Å². The van der Waals surface area contributed by atoms with Gasteiger partial charge < -0.3 is 5.32 Å². The van der Waals surface area contributed by atoms with Crippen LogP contribution in [0.15, 0.2) is 60.9 Å². The fourth-order valence-electron chi connectivity index (χ4n) is 3.58. The Labute approximate surface area is 137 Å². The minimum Gasteiger partial charge on any atom is -0.382 e. The van der Waals surface area contributed by atoms with Crippen LogP contribution in [0.25, 0.3) is 21.9 Å². The highest BCUT2D eigenvalue weighted by Crippen LogP contribution is 2.30. The van der Waals surface area contributed by atoms with E-state index in [-0.39, 0.29) is 0 Å². The highest BCUT2D eigenvalue weighted by Gasteiger charge is 2.13. The second kappa shape index (κ2) is 6.41. The van der Waals surface area contributed by atoms with Crippen LogP contribution >= 0.6 is 0 Å². The van der Waals surface area contributed by atoms with Crippen LogP contribution < -0.4 is 5.32 Å². The number of pyridine rings is 1. The first-order valence-corrected chi connectivity index (χ1v) is 8.60. The van der Waals surface area contributed by atoms with Crippen molar-refractivity contribution < 1.29 is 0 Å². The number of rotatable bonds is 3. The van der Waals surface area contributed by atoms with Crippen LogP contribution in [0.2, 0.25) is 0 Å². The second-order valence-corrected chi connectivity index (χ2v) is 6.47. The maximum atomic E-state index is 4.41. The average Bonchev–Trinajstić information content (AvgIpc) is 2.63. The first-order chi connectivity index (χ1) is 11.4. The molecule has 0 bridgehead atoms. The van der Waals surface area contributed by atoms with Gasteiger partial charge in [0.15, 0.2) is 0 Å². The third-order valence-electron chi connectivity index (χ3n) is 4.82. The fraction of sp³-hybridized carbons (Fsp3) is 0.286. The van der Waals surface area contributed by atoms with Gasteiger partial charge in [0.05, 0.1) is 0 Å². The normalized spacial score (nSPS) is 15.7. The summed E-state index contributed by atoms with van der Waals surface area (Å²) >= 11 is 0. The molecular formula is C21H22N2. The molecule has 2 aromatic carbocycles. The zero-order valence-electron chi connectivity index (χ0n) is 13.3. The quantitative estimate of drug-likeness (QED) is 0.676. The van der Waals surface area contributed by atoms with Crippen molar-refractivity contribution in [1.82, 2.24) is 4.98 Å². The Balaban J connectivity index is 1.72. The number of anilines is 1. The lowest BCUT2D eigenvalue weighted by Gasteiger charge is -2.24. The SMILES string of the molecule is c1ccc(-c2cncc3ccc(NC4CCCCC4)cc23)cc1. The molecule has 2 nitrogen and oxygen atoms in total. The molecule has 1 N–H and O–H groups in total. The average molecular weight is 302 g/mol. The molecule has 1 aromatic heterocycles. The van der Waals surface area contributed by atoms with Gasteiger partial charge in [0, 0.05) is 35.1 Å². The number of aromatic nitrogens is 1. The van der Waals surface area contributed by atoms with E-state index in [0.29, 0.717) is 6.04 Å². The second-order valence-electron chi connectivity index (χ2n) is 6.47. The van der Waals surface area contributed by atoms with Crippen molar-refractivity contribution in [3.05, 3.63) is 60.9 Å². The Bertz CT molecular complexity index is 789. The molecule has 1 aliphatic rings. The summed E-state index contributed by atoms with van der Waals surface area (Å²) in [5, 5.41) is 6.20. The molecular weight excluding hydrogens is 280 g/mol. The minimum atomic E-state index is 0.628. The predicted octanol–water partition coefficient (Wildman–Crippen LogP) is 5.65. The van der Waals surface area contributed by atoms with E-state index in [1.54, 1.807) is 0 Å². The molecule has 0 radical (unpaired) electrons. The molecule has 0 amide bonds. The van der Waals surface area contributed by atoms with Crippen LogP contribution in [0.1, 0.15) is 32.1 Å². The van der Waals surface area contributed by atoms with Gasteiger partial charge in [-0.25, -0.2) is 0 Å². The maximum Gasteiger partial charge on any atom is 0.0352 e. The molecule has 116 valence electrons. The highest BCUT2D eigenvalue weighted by atomic mass is 14.9. The molecule has 0 unspecified atom stereocenters. The summed E-state index contributed by atoms with van der Waals surface area (Å²) in [6.07, 6.45) is 10.6. The fourth-order valence-corrected chi connectivity index (χ4v) is 3.58. The zero-order chi connectivity index (χ0) is 15.5. The van der Waals surface area contributed by atoms with Gasteiger partial charge in [0.1, 0.15) is 0 Å². The van der Waals surface area contributed by atoms with Gasteiger partial charge in [0.2, 0.25) is 0 Å². The lowest BCUT2D eigenvalue weighted by Crippen LogP contribution is -2.22. The van der Waals surface area contributed by atoms with Gasteiger partial charge >= 0.3 is 0 Å². The zero-order valence-corrected chi connectivity index (χ0v) is 13.3. The third-order valence-corrected chi connectivity index (χ3v) is 4.82. The number of fused-ring (bicyclic) bond motifs is 1. The molecule has 0 atom stereocenters. The summed E-state index contributed by atoms with van der Waals surface area (Å²) in [5.41, 5.74) is 3.66. The van der Waals surface area contributed by atoms with Gasteiger partial charge in [-0.2, -0.15) is 0 Å². The molecule has 23 heavy (non-hydrogen) atoms. The Morgan fingerprint density at radius 1 is 0.870 bits per heavy atom. The van der Waals surface area contributed by atoms with Gasteiger partial charge in [-0.05, 0) is 35.9 Å². The number of hydrogen-bond donors (Lipinski definition) is 1. The third kappa shape index (κ3) is 3.07.